The number of aliphatic hydroxyl groups excluding tert-OH is 3. The maximum absolute atomic E-state index is 11.6. The van der Waals surface area contributed by atoms with Crippen molar-refractivity contribution in [1.29, 1.82) is 0 Å². The number of aliphatic hydroxyl groups is 3. The van der Waals surface area contributed by atoms with Gasteiger partial charge in [-0.1, -0.05) is 39.0 Å². The Morgan fingerprint density at radius 2 is 1.44 bits per heavy atom. The molecule has 5 heteroatoms. The molecule has 107 valence electrons. The summed E-state index contributed by atoms with van der Waals surface area (Å²) in [7, 11) is 0. The summed E-state index contributed by atoms with van der Waals surface area (Å²) in [6, 6.07) is 0. The fourth-order valence-electron chi connectivity index (χ4n) is 1.62. The van der Waals surface area contributed by atoms with E-state index in [-0.39, 0.29) is 5.91 Å². The van der Waals surface area contributed by atoms with Gasteiger partial charge in [0, 0.05) is 6.42 Å². The van der Waals surface area contributed by atoms with Gasteiger partial charge in [0.15, 0.2) is 0 Å². The molecule has 0 aromatic rings. The van der Waals surface area contributed by atoms with Crippen LogP contribution in [0.2, 0.25) is 0 Å². The largest absolute Gasteiger partial charge is 0.394 e. The van der Waals surface area contributed by atoms with E-state index in [9.17, 15) is 4.79 Å². The van der Waals surface area contributed by atoms with E-state index in [1.807, 2.05) is 0 Å². The molecule has 0 spiro atoms. The van der Waals surface area contributed by atoms with Crippen LogP contribution in [0.5, 0.6) is 0 Å². The Balaban J connectivity index is 3.76. The molecule has 0 atom stereocenters. The third-order valence-electron chi connectivity index (χ3n) is 2.97. The van der Waals surface area contributed by atoms with Gasteiger partial charge in [-0.15, -0.1) is 0 Å². The smallest absolute Gasteiger partial charge is 0.220 e. The molecule has 0 fully saturated rings. The van der Waals surface area contributed by atoms with Crippen molar-refractivity contribution in [3.8, 4) is 0 Å². The molecule has 4 N–H and O–H groups in total. The zero-order valence-electron chi connectivity index (χ0n) is 11.0. The van der Waals surface area contributed by atoms with Crippen molar-refractivity contribution in [2.24, 2.45) is 0 Å². The number of rotatable bonds is 11. The second kappa shape index (κ2) is 10.3. The van der Waals surface area contributed by atoms with Crippen molar-refractivity contribution in [3.05, 3.63) is 6.92 Å². The minimum absolute atomic E-state index is 0.246. The van der Waals surface area contributed by atoms with Crippen molar-refractivity contribution in [2.75, 3.05) is 19.8 Å². The Bertz CT molecular complexity index is 209. The standard InChI is InChI=1S/C13H26NO4/c1-2-3-4-5-6-7-8-12(18)14-13(9-15,10-16)11-17/h15-17H,1-11H2,(H,14,18). The highest BCUT2D eigenvalue weighted by Gasteiger charge is 2.29. The number of amides is 1. The number of carbonyl (C=O) groups is 1. The van der Waals surface area contributed by atoms with E-state index in [2.05, 4.69) is 12.2 Å². The number of hydrogen-bond acceptors (Lipinski definition) is 4. The maximum Gasteiger partial charge on any atom is 0.220 e. The van der Waals surface area contributed by atoms with Crippen LogP contribution in [0.4, 0.5) is 0 Å². The lowest BCUT2D eigenvalue weighted by Crippen LogP contribution is -2.57. The average Bonchev–Trinajstić information content (AvgIpc) is 2.40. The van der Waals surface area contributed by atoms with Crippen LogP contribution in [-0.4, -0.2) is 46.6 Å². The summed E-state index contributed by atoms with van der Waals surface area (Å²) in [5, 5.41) is 29.6. The summed E-state index contributed by atoms with van der Waals surface area (Å²) in [4.78, 5) is 11.6. The molecule has 1 amide bonds. The van der Waals surface area contributed by atoms with Crippen LogP contribution in [0.15, 0.2) is 0 Å². The van der Waals surface area contributed by atoms with E-state index in [0.717, 1.165) is 38.5 Å². The van der Waals surface area contributed by atoms with Crippen molar-refractivity contribution in [2.45, 2.75) is 50.5 Å². The van der Waals surface area contributed by atoms with Gasteiger partial charge in [0.2, 0.25) is 5.91 Å². The van der Waals surface area contributed by atoms with Gasteiger partial charge in [-0.3, -0.25) is 4.79 Å². The molecule has 0 aliphatic carbocycles. The Morgan fingerprint density at radius 1 is 0.944 bits per heavy atom. The first-order valence-electron chi connectivity index (χ1n) is 6.57. The predicted molar refractivity (Wildman–Crippen MR) is 69.8 cm³/mol. The van der Waals surface area contributed by atoms with Crippen LogP contribution in [0.25, 0.3) is 0 Å². The number of nitrogens with one attached hydrogen (secondary N) is 1. The van der Waals surface area contributed by atoms with Gasteiger partial charge in [-0.05, 0) is 6.42 Å². The zero-order valence-corrected chi connectivity index (χ0v) is 11.0. The molecule has 0 heterocycles. The highest BCUT2D eigenvalue weighted by atomic mass is 16.3. The minimum atomic E-state index is -1.30. The Labute approximate surface area is 109 Å². The third-order valence-corrected chi connectivity index (χ3v) is 2.97. The summed E-state index contributed by atoms with van der Waals surface area (Å²) in [6.45, 7) is 2.33. The summed E-state index contributed by atoms with van der Waals surface area (Å²) in [5.41, 5.74) is -1.30. The number of carbonyl (C=O) groups excluding carboxylic acids is 1. The third kappa shape index (κ3) is 6.93. The van der Waals surface area contributed by atoms with E-state index < -0.39 is 25.4 Å². The highest BCUT2D eigenvalue weighted by molar-refractivity contribution is 5.76. The van der Waals surface area contributed by atoms with Crippen LogP contribution >= 0.6 is 0 Å². The first-order chi connectivity index (χ1) is 8.64. The molecule has 0 saturated heterocycles. The molecule has 0 rings (SSSR count). The van der Waals surface area contributed by atoms with Crippen molar-refractivity contribution < 1.29 is 20.1 Å². The van der Waals surface area contributed by atoms with E-state index in [1.165, 1.54) is 0 Å². The van der Waals surface area contributed by atoms with E-state index in [0.29, 0.717) is 6.42 Å². The molecule has 0 bridgehead atoms. The summed E-state index contributed by atoms with van der Waals surface area (Å²) >= 11 is 0. The molecule has 5 nitrogen and oxygen atoms in total. The topological polar surface area (TPSA) is 89.8 Å². The Kier molecular flexibility index (Phi) is 9.92. The predicted octanol–water partition coefficient (Wildman–Crippen LogP) is 0.383. The van der Waals surface area contributed by atoms with E-state index in [1.54, 1.807) is 0 Å². The maximum atomic E-state index is 11.6. The second-order valence-corrected chi connectivity index (χ2v) is 4.67. The second-order valence-electron chi connectivity index (χ2n) is 4.67. The first-order valence-corrected chi connectivity index (χ1v) is 6.57. The summed E-state index contributed by atoms with van der Waals surface area (Å²) in [6.07, 6.45) is 6.42. The Morgan fingerprint density at radius 3 is 1.94 bits per heavy atom. The lowest BCUT2D eigenvalue weighted by Gasteiger charge is -2.28. The number of unbranched alkanes of at least 4 members (excludes halogenated alkanes) is 5. The van der Waals surface area contributed by atoms with Crippen molar-refractivity contribution in [1.82, 2.24) is 5.32 Å². The van der Waals surface area contributed by atoms with Gasteiger partial charge in [0.25, 0.3) is 0 Å². The molecular formula is C13H26NO4. The quantitative estimate of drug-likeness (QED) is 0.404. The summed E-state index contributed by atoms with van der Waals surface area (Å²) in [5.74, 6) is -0.246. The Hall–Kier alpha value is -0.650. The van der Waals surface area contributed by atoms with E-state index >= 15 is 0 Å². The average molecular weight is 260 g/mol. The minimum Gasteiger partial charge on any atom is -0.394 e. The zero-order chi connectivity index (χ0) is 13.9. The molecule has 0 aliphatic heterocycles. The molecule has 0 saturated carbocycles. The molecule has 1 radical (unpaired) electrons. The normalized spacial score (nSPS) is 11.6. The lowest BCUT2D eigenvalue weighted by molar-refractivity contribution is -0.125. The van der Waals surface area contributed by atoms with Gasteiger partial charge in [0.05, 0.1) is 19.8 Å². The fraction of sp³-hybridized carbons (Fsp3) is 0.846. The van der Waals surface area contributed by atoms with Gasteiger partial charge in [-0.2, -0.15) is 0 Å². The van der Waals surface area contributed by atoms with Gasteiger partial charge in [-0.25, -0.2) is 0 Å². The van der Waals surface area contributed by atoms with Crippen LogP contribution < -0.4 is 5.32 Å². The fourth-order valence-corrected chi connectivity index (χ4v) is 1.62. The van der Waals surface area contributed by atoms with Crippen LogP contribution in [-0.2, 0) is 4.79 Å². The molecular weight excluding hydrogens is 234 g/mol. The van der Waals surface area contributed by atoms with Crippen LogP contribution in [0, 0.1) is 6.92 Å². The SMILES string of the molecule is [CH2]CCCCCCCC(=O)NC(CO)(CO)CO. The molecule has 0 unspecified atom stereocenters. The van der Waals surface area contributed by atoms with Gasteiger partial charge < -0.3 is 20.6 Å². The molecule has 0 aliphatic rings. The first kappa shape index (κ1) is 17.4. The van der Waals surface area contributed by atoms with Crippen molar-refractivity contribution in [3.63, 3.8) is 0 Å². The van der Waals surface area contributed by atoms with Crippen LogP contribution in [0.3, 0.4) is 0 Å². The summed E-state index contributed by atoms with van der Waals surface area (Å²) < 4.78 is 0. The molecule has 0 aromatic heterocycles. The molecule has 18 heavy (non-hydrogen) atoms. The van der Waals surface area contributed by atoms with Crippen LogP contribution in [0.1, 0.15) is 44.9 Å². The molecule has 0 aromatic carbocycles. The van der Waals surface area contributed by atoms with Gasteiger partial charge in [0.1, 0.15) is 5.54 Å². The number of hydrogen-bond donors (Lipinski definition) is 4. The monoisotopic (exact) mass is 260 g/mol. The van der Waals surface area contributed by atoms with Gasteiger partial charge >= 0.3 is 0 Å². The van der Waals surface area contributed by atoms with E-state index in [4.69, 9.17) is 15.3 Å². The van der Waals surface area contributed by atoms with Crippen molar-refractivity contribution >= 4 is 5.91 Å². The lowest BCUT2D eigenvalue weighted by atomic mass is 10.0. The highest BCUT2D eigenvalue weighted by Crippen LogP contribution is 2.08.